The Kier molecular flexibility index (Phi) is 2.00. The van der Waals surface area contributed by atoms with E-state index in [1.54, 1.807) is 6.07 Å². The molecule has 0 unspecified atom stereocenters. The summed E-state index contributed by atoms with van der Waals surface area (Å²) in [6.07, 6.45) is 0. The largest absolute Gasteiger partial charge is 0.330 e. The van der Waals surface area contributed by atoms with E-state index in [-0.39, 0.29) is 11.9 Å². The highest BCUT2D eigenvalue weighted by Gasteiger charge is 2.13. The molecule has 0 radical (unpaired) electrons. The summed E-state index contributed by atoms with van der Waals surface area (Å²) in [5.74, 6) is 0.398. The molecule has 0 spiro atoms. The molecule has 0 aliphatic rings. The van der Waals surface area contributed by atoms with Crippen molar-refractivity contribution in [3.05, 3.63) is 29.8 Å². The third-order valence-corrected chi connectivity index (χ3v) is 2.30. The average molecular weight is 193 g/mol. The third kappa shape index (κ3) is 1.19. The Bertz CT molecular complexity index is 473. The third-order valence-electron chi connectivity index (χ3n) is 2.30. The number of aryl methyl sites for hydroxylation is 1. The average Bonchev–Trinajstić information content (AvgIpc) is 2.46. The number of nitrogens with zero attached hydrogens (tertiary/aromatic N) is 2. The molecule has 2 N–H and O–H groups in total. The summed E-state index contributed by atoms with van der Waals surface area (Å²) in [5.41, 5.74) is 6.89. The Morgan fingerprint density at radius 2 is 2.21 bits per heavy atom. The normalized spacial score (nSPS) is 13.4. The van der Waals surface area contributed by atoms with E-state index in [1.807, 2.05) is 24.6 Å². The second kappa shape index (κ2) is 3.06. The monoisotopic (exact) mass is 193 g/mol. The van der Waals surface area contributed by atoms with Gasteiger partial charge in [0.2, 0.25) is 0 Å². The van der Waals surface area contributed by atoms with Crippen molar-refractivity contribution in [2.75, 3.05) is 0 Å². The Balaban J connectivity index is 2.80. The smallest absolute Gasteiger partial charge is 0.151 e. The molecule has 14 heavy (non-hydrogen) atoms. The number of benzene rings is 1. The van der Waals surface area contributed by atoms with E-state index in [4.69, 9.17) is 5.73 Å². The van der Waals surface area contributed by atoms with Crippen LogP contribution in [0.5, 0.6) is 0 Å². The maximum Gasteiger partial charge on any atom is 0.151 e. The zero-order chi connectivity index (χ0) is 10.3. The van der Waals surface area contributed by atoms with Crippen LogP contribution < -0.4 is 5.73 Å². The maximum absolute atomic E-state index is 13.3. The van der Waals surface area contributed by atoms with Gasteiger partial charge in [0.05, 0.1) is 11.6 Å². The second-order valence-corrected chi connectivity index (χ2v) is 3.43. The number of aromatic nitrogens is 2. The van der Waals surface area contributed by atoms with Crippen molar-refractivity contribution in [2.45, 2.75) is 13.0 Å². The van der Waals surface area contributed by atoms with Gasteiger partial charge in [-0.1, -0.05) is 6.07 Å². The lowest BCUT2D eigenvalue weighted by Crippen LogP contribution is -2.11. The summed E-state index contributed by atoms with van der Waals surface area (Å²) in [6.45, 7) is 1.83. The number of hydrogen-bond acceptors (Lipinski definition) is 2. The van der Waals surface area contributed by atoms with Crippen LogP contribution in [-0.4, -0.2) is 9.55 Å². The molecule has 0 saturated heterocycles. The second-order valence-electron chi connectivity index (χ2n) is 3.43. The molecule has 2 aromatic rings. The van der Waals surface area contributed by atoms with Gasteiger partial charge in [0.25, 0.3) is 0 Å². The van der Waals surface area contributed by atoms with Crippen molar-refractivity contribution in [3.63, 3.8) is 0 Å². The standard InChI is InChI=1S/C10H12FN3/c1-6(12)10-13-9-7(11)4-3-5-8(9)14(10)2/h3-6H,12H2,1-2H3/t6-/m0/s1. The van der Waals surface area contributed by atoms with Crippen molar-refractivity contribution < 1.29 is 4.39 Å². The molecule has 4 heteroatoms. The molecule has 0 aliphatic carbocycles. The molecule has 1 heterocycles. The van der Waals surface area contributed by atoms with E-state index >= 15 is 0 Å². The van der Waals surface area contributed by atoms with Crippen LogP contribution >= 0.6 is 0 Å². The van der Waals surface area contributed by atoms with Crippen LogP contribution in [0.1, 0.15) is 18.8 Å². The Hall–Kier alpha value is -1.42. The number of fused-ring (bicyclic) bond motifs is 1. The summed E-state index contributed by atoms with van der Waals surface area (Å²) >= 11 is 0. The van der Waals surface area contributed by atoms with Gasteiger partial charge in [0.15, 0.2) is 5.82 Å². The minimum Gasteiger partial charge on any atom is -0.330 e. The maximum atomic E-state index is 13.3. The lowest BCUT2D eigenvalue weighted by atomic mass is 10.3. The predicted molar refractivity (Wildman–Crippen MR) is 53.3 cm³/mol. The van der Waals surface area contributed by atoms with Crippen molar-refractivity contribution in [2.24, 2.45) is 12.8 Å². The quantitative estimate of drug-likeness (QED) is 0.749. The Morgan fingerprint density at radius 3 is 2.79 bits per heavy atom. The van der Waals surface area contributed by atoms with Crippen molar-refractivity contribution in [1.82, 2.24) is 9.55 Å². The van der Waals surface area contributed by atoms with Crippen molar-refractivity contribution >= 4 is 11.0 Å². The molecule has 1 aromatic carbocycles. The van der Waals surface area contributed by atoms with E-state index in [1.165, 1.54) is 6.07 Å². The minimum atomic E-state index is -0.301. The highest BCUT2D eigenvalue weighted by Crippen LogP contribution is 2.20. The van der Waals surface area contributed by atoms with E-state index in [9.17, 15) is 4.39 Å². The first-order valence-electron chi connectivity index (χ1n) is 4.47. The number of rotatable bonds is 1. The first-order chi connectivity index (χ1) is 6.61. The van der Waals surface area contributed by atoms with Gasteiger partial charge < -0.3 is 10.3 Å². The van der Waals surface area contributed by atoms with Crippen molar-refractivity contribution in [3.8, 4) is 0 Å². The molecular weight excluding hydrogens is 181 g/mol. The van der Waals surface area contributed by atoms with Gasteiger partial charge in [-0.2, -0.15) is 0 Å². The number of nitrogens with two attached hydrogens (primary N) is 1. The zero-order valence-corrected chi connectivity index (χ0v) is 8.16. The van der Waals surface area contributed by atoms with Gasteiger partial charge in [-0.15, -0.1) is 0 Å². The fraction of sp³-hybridized carbons (Fsp3) is 0.300. The molecule has 0 bridgehead atoms. The molecule has 1 atom stereocenters. The fourth-order valence-corrected chi connectivity index (χ4v) is 1.61. The van der Waals surface area contributed by atoms with Crippen LogP contribution in [0.25, 0.3) is 11.0 Å². The van der Waals surface area contributed by atoms with Gasteiger partial charge in [0.1, 0.15) is 11.3 Å². The number of halogens is 1. The Morgan fingerprint density at radius 1 is 1.50 bits per heavy atom. The number of para-hydroxylation sites is 1. The first kappa shape index (κ1) is 9.15. The van der Waals surface area contributed by atoms with Gasteiger partial charge in [-0.25, -0.2) is 9.37 Å². The van der Waals surface area contributed by atoms with Gasteiger partial charge in [0, 0.05) is 7.05 Å². The lowest BCUT2D eigenvalue weighted by Gasteiger charge is -2.04. The SMILES string of the molecule is C[C@H](N)c1nc2c(F)cccc2n1C. The molecule has 1 aromatic heterocycles. The summed E-state index contributed by atoms with van der Waals surface area (Å²) in [5, 5.41) is 0. The predicted octanol–water partition coefficient (Wildman–Crippen LogP) is 1.73. The highest BCUT2D eigenvalue weighted by molar-refractivity contribution is 5.76. The highest BCUT2D eigenvalue weighted by atomic mass is 19.1. The molecule has 0 fully saturated rings. The molecular formula is C10H12FN3. The molecule has 0 aliphatic heterocycles. The van der Waals surface area contributed by atoms with Crippen LogP contribution in [0.3, 0.4) is 0 Å². The fourth-order valence-electron chi connectivity index (χ4n) is 1.61. The van der Waals surface area contributed by atoms with Crippen LogP contribution in [0.2, 0.25) is 0 Å². The topological polar surface area (TPSA) is 43.8 Å². The minimum absolute atomic E-state index is 0.188. The molecule has 0 saturated carbocycles. The van der Waals surface area contributed by atoms with E-state index in [0.29, 0.717) is 11.3 Å². The zero-order valence-electron chi connectivity index (χ0n) is 8.16. The Labute approximate surface area is 81.4 Å². The molecule has 0 amide bonds. The van der Waals surface area contributed by atoms with Crippen molar-refractivity contribution in [1.29, 1.82) is 0 Å². The van der Waals surface area contributed by atoms with Gasteiger partial charge in [-0.05, 0) is 19.1 Å². The summed E-state index contributed by atoms with van der Waals surface area (Å²) in [6, 6.07) is 4.72. The summed E-state index contributed by atoms with van der Waals surface area (Å²) < 4.78 is 15.1. The van der Waals surface area contributed by atoms with Gasteiger partial charge in [-0.3, -0.25) is 0 Å². The lowest BCUT2D eigenvalue weighted by molar-refractivity contribution is 0.636. The van der Waals surface area contributed by atoms with E-state index in [2.05, 4.69) is 4.98 Å². The first-order valence-corrected chi connectivity index (χ1v) is 4.47. The van der Waals surface area contributed by atoms with Crippen LogP contribution in [0.15, 0.2) is 18.2 Å². The van der Waals surface area contributed by atoms with Crippen LogP contribution in [0.4, 0.5) is 4.39 Å². The van der Waals surface area contributed by atoms with Gasteiger partial charge >= 0.3 is 0 Å². The van der Waals surface area contributed by atoms with Crippen LogP contribution in [-0.2, 0) is 7.05 Å². The summed E-state index contributed by atoms with van der Waals surface area (Å²) in [4.78, 5) is 4.17. The summed E-state index contributed by atoms with van der Waals surface area (Å²) in [7, 11) is 1.84. The molecule has 3 nitrogen and oxygen atoms in total. The number of imidazole rings is 1. The number of hydrogen-bond donors (Lipinski definition) is 1. The van der Waals surface area contributed by atoms with E-state index < -0.39 is 0 Å². The molecule has 74 valence electrons. The van der Waals surface area contributed by atoms with Crippen LogP contribution in [0, 0.1) is 5.82 Å². The molecule has 2 rings (SSSR count). The van der Waals surface area contributed by atoms with E-state index in [0.717, 1.165) is 5.52 Å².